The number of rotatable bonds is 6. The summed E-state index contributed by atoms with van der Waals surface area (Å²) < 4.78 is 40.7. The highest BCUT2D eigenvalue weighted by molar-refractivity contribution is 7.89. The van der Waals surface area contributed by atoms with Crippen molar-refractivity contribution >= 4 is 26.8 Å². The molecule has 29 heavy (non-hydrogen) atoms. The van der Waals surface area contributed by atoms with E-state index >= 15 is 0 Å². The number of para-hydroxylation sites is 1. The highest BCUT2D eigenvalue weighted by atomic mass is 32.2. The topological polar surface area (TPSA) is 107 Å². The van der Waals surface area contributed by atoms with E-state index in [9.17, 15) is 17.6 Å². The molecule has 0 bridgehead atoms. The summed E-state index contributed by atoms with van der Waals surface area (Å²) in [6.07, 6.45) is 2.05. The van der Waals surface area contributed by atoms with Crippen molar-refractivity contribution in [1.29, 1.82) is 0 Å². The smallest absolute Gasteiger partial charge is 0.256 e. The number of nitrogens with one attached hydrogen (secondary N) is 4. The van der Waals surface area contributed by atoms with Crippen LogP contribution in [0.25, 0.3) is 10.9 Å². The number of sulfonamides is 1. The molecule has 0 aliphatic heterocycles. The fraction of sp³-hybridized carbons (Fsp3) is 0.350. The highest BCUT2D eigenvalue weighted by Crippen LogP contribution is 2.29. The number of fused-ring (bicyclic) bond motifs is 3. The van der Waals surface area contributed by atoms with Crippen LogP contribution < -0.4 is 10.0 Å². The molecule has 1 aromatic carbocycles. The number of hydrogen-bond donors (Lipinski definition) is 4. The second-order valence-electron chi connectivity index (χ2n) is 7.31. The lowest BCUT2D eigenvalue weighted by atomic mass is 9.92. The van der Waals surface area contributed by atoms with Gasteiger partial charge in [-0.1, -0.05) is 18.2 Å². The number of aryl methyl sites for hydroxylation is 2. The van der Waals surface area contributed by atoms with E-state index in [1.54, 1.807) is 6.92 Å². The number of amides is 1. The molecule has 9 heteroatoms. The van der Waals surface area contributed by atoms with Crippen molar-refractivity contribution in [3.05, 3.63) is 52.8 Å². The molecule has 7 nitrogen and oxygen atoms in total. The second kappa shape index (κ2) is 7.64. The van der Waals surface area contributed by atoms with Crippen molar-refractivity contribution in [3.63, 3.8) is 0 Å². The number of carbonyl (C=O) groups excluding carboxylic acids is 1. The highest BCUT2D eigenvalue weighted by Gasteiger charge is 2.28. The third-order valence-electron chi connectivity index (χ3n) is 5.32. The molecule has 2 aromatic heterocycles. The second-order valence-corrected chi connectivity index (χ2v) is 8.99. The number of H-pyrrole nitrogens is 2. The van der Waals surface area contributed by atoms with E-state index in [2.05, 4.69) is 26.1 Å². The average Bonchev–Trinajstić information content (AvgIpc) is 3.26. The summed E-state index contributed by atoms with van der Waals surface area (Å²) >= 11 is 0. The zero-order chi connectivity index (χ0) is 20.6. The van der Waals surface area contributed by atoms with E-state index in [4.69, 9.17) is 0 Å². The Balaban J connectivity index is 1.51. The van der Waals surface area contributed by atoms with E-state index in [1.165, 1.54) is 17.0 Å². The molecular formula is C20H23FN4O3S. The Labute approximate surface area is 168 Å². The molecule has 0 unspecified atom stereocenters. The molecule has 4 N–H and O–H groups in total. The maximum Gasteiger partial charge on any atom is 0.256 e. The maximum atomic E-state index is 12.8. The van der Waals surface area contributed by atoms with Crippen LogP contribution in [-0.2, 0) is 22.9 Å². The van der Waals surface area contributed by atoms with E-state index in [0.717, 1.165) is 17.6 Å². The number of alkyl halides is 1. The Kier molecular flexibility index (Phi) is 5.18. The summed E-state index contributed by atoms with van der Waals surface area (Å²) in [5.74, 6) is -0.502. The SMILES string of the molecule is Cc1[nH]c(S(=O)(=O)N[C@@H]2CCc3c([nH]c4ccccc34)C2)cc1C(=O)NCCF. The van der Waals surface area contributed by atoms with Crippen LogP contribution in [0, 0.1) is 6.92 Å². The number of benzene rings is 1. The first kappa shape index (κ1) is 19.7. The first-order valence-corrected chi connectivity index (χ1v) is 11.0. The molecule has 154 valence electrons. The monoisotopic (exact) mass is 418 g/mol. The van der Waals surface area contributed by atoms with Crippen LogP contribution >= 0.6 is 0 Å². The number of aromatic amines is 2. The summed E-state index contributed by atoms with van der Waals surface area (Å²) in [5, 5.41) is 3.53. The molecular weight excluding hydrogens is 395 g/mol. The van der Waals surface area contributed by atoms with Crippen molar-refractivity contribution in [2.24, 2.45) is 0 Å². The zero-order valence-electron chi connectivity index (χ0n) is 16.0. The quantitative estimate of drug-likeness (QED) is 0.494. The number of aromatic nitrogens is 2. The number of carbonyl (C=O) groups is 1. The van der Waals surface area contributed by atoms with Crippen LogP contribution in [0.4, 0.5) is 4.39 Å². The van der Waals surface area contributed by atoms with Gasteiger partial charge in [-0.15, -0.1) is 0 Å². The van der Waals surface area contributed by atoms with Crippen LogP contribution in [-0.4, -0.2) is 43.6 Å². The van der Waals surface area contributed by atoms with E-state index in [-0.39, 0.29) is 23.2 Å². The molecule has 3 aromatic rings. The molecule has 4 rings (SSSR count). The molecule has 0 saturated heterocycles. The molecule has 1 aliphatic carbocycles. The summed E-state index contributed by atoms with van der Waals surface area (Å²) in [5.41, 5.74) is 3.98. The maximum absolute atomic E-state index is 12.8. The minimum atomic E-state index is -3.82. The van der Waals surface area contributed by atoms with Gasteiger partial charge in [0, 0.05) is 41.3 Å². The third-order valence-corrected chi connectivity index (χ3v) is 6.76. The Hall–Kier alpha value is -2.65. The number of halogens is 1. The van der Waals surface area contributed by atoms with Crippen LogP contribution in [0.1, 0.15) is 33.7 Å². The van der Waals surface area contributed by atoms with Crippen molar-refractivity contribution in [3.8, 4) is 0 Å². The van der Waals surface area contributed by atoms with Gasteiger partial charge in [-0.3, -0.25) is 4.79 Å². The lowest BCUT2D eigenvalue weighted by molar-refractivity contribution is 0.0950. The summed E-state index contributed by atoms with van der Waals surface area (Å²) in [6, 6.07) is 9.12. The van der Waals surface area contributed by atoms with Crippen LogP contribution in [0.2, 0.25) is 0 Å². The Morgan fingerprint density at radius 3 is 2.86 bits per heavy atom. The predicted molar refractivity (Wildman–Crippen MR) is 108 cm³/mol. The van der Waals surface area contributed by atoms with Crippen molar-refractivity contribution < 1.29 is 17.6 Å². The van der Waals surface area contributed by atoms with E-state index < -0.39 is 22.6 Å². The molecule has 0 fully saturated rings. The predicted octanol–water partition coefficient (Wildman–Crippen LogP) is 2.34. The standard InChI is InChI=1S/C20H23FN4O3S/c1-12-16(20(26)22-9-8-21)11-19(23-12)29(27,28)25-13-6-7-15-14-4-2-3-5-17(14)24-18(15)10-13/h2-5,11,13,23-25H,6-10H2,1H3,(H,22,26)/t13-/m1/s1. The van der Waals surface area contributed by atoms with Crippen LogP contribution in [0.5, 0.6) is 0 Å². The molecule has 0 radical (unpaired) electrons. The zero-order valence-corrected chi connectivity index (χ0v) is 16.8. The summed E-state index contributed by atoms with van der Waals surface area (Å²) in [4.78, 5) is 18.2. The first-order chi connectivity index (χ1) is 13.9. The molecule has 0 saturated carbocycles. The third kappa shape index (κ3) is 3.79. The molecule has 0 spiro atoms. The van der Waals surface area contributed by atoms with Gasteiger partial charge in [-0.2, -0.15) is 0 Å². The minimum absolute atomic E-state index is 0.0668. The van der Waals surface area contributed by atoms with Gasteiger partial charge in [0.15, 0.2) is 0 Å². The van der Waals surface area contributed by atoms with Crippen LogP contribution in [0.3, 0.4) is 0 Å². The average molecular weight is 418 g/mol. The van der Waals surface area contributed by atoms with Gasteiger partial charge < -0.3 is 15.3 Å². The summed E-state index contributed by atoms with van der Waals surface area (Å²) in [6.45, 7) is 0.818. The molecule has 1 amide bonds. The largest absolute Gasteiger partial charge is 0.358 e. The minimum Gasteiger partial charge on any atom is -0.358 e. The van der Waals surface area contributed by atoms with Gasteiger partial charge in [-0.05, 0) is 37.5 Å². The van der Waals surface area contributed by atoms with Gasteiger partial charge in [0.2, 0.25) is 0 Å². The normalized spacial score (nSPS) is 16.7. The Morgan fingerprint density at radius 1 is 1.28 bits per heavy atom. The fourth-order valence-corrected chi connectivity index (χ4v) is 5.26. The van der Waals surface area contributed by atoms with Gasteiger partial charge in [0.25, 0.3) is 15.9 Å². The van der Waals surface area contributed by atoms with Crippen LogP contribution in [0.15, 0.2) is 35.4 Å². The van der Waals surface area contributed by atoms with Crippen molar-refractivity contribution in [2.45, 2.75) is 37.3 Å². The number of hydrogen-bond acceptors (Lipinski definition) is 3. The lowest BCUT2D eigenvalue weighted by Crippen LogP contribution is -2.38. The van der Waals surface area contributed by atoms with E-state index in [1.807, 2.05) is 18.2 Å². The van der Waals surface area contributed by atoms with Crippen molar-refractivity contribution in [1.82, 2.24) is 20.0 Å². The van der Waals surface area contributed by atoms with Crippen molar-refractivity contribution in [2.75, 3.05) is 13.2 Å². The van der Waals surface area contributed by atoms with Gasteiger partial charge >= 0.3 is 0 Å². The van der Waals surface area contributed by atoms with Gasteiger partial charge in [0.05, 0.1) is 5.56 Å². The lowest BCUT2D eigenvalue weighted by Gasteiger charge is -2.23. The Morgan fingerprint density at radius 2 is 2.07 bits per heavy atom. The fourth-order valence-electron chi connectivity index (χ4n) is 3.93. The van der Waals surface area contributed by atoms with E-state index in [0.29, 0.717) is 18.5 Å². The molecule has 2 heterocycles. The molecule has 1 aliphatic rings. The Bertz CT molecular complexity index is 1170. The van der Waals surface area contributed by atoms with Gasteiger partial charge in [-0.25, -0.2) is 17.5 Å². The van der Waals surface area contributed by atoms with Gasteiger partial charge in [0.1, 0.15) is 11.7 Å². The first-order valence-electron chi connectivity index (χ1n) is 9.53. The molecule has 1 atom stereocenters. The summed E-state index contributed by atoms with van der Waals surface area (Å²) in [7, 11) is -3.82.